The second-order valence-corrected chi connectivity index (χ2v) is 9.38. The molecule has 0 aromatic heterocycles. The standard InChI is InChI=1S/C26H36N2/c1-18(2)23-13-15-26(27-23)22-11-9-20(10-12-22)17-19(3)24-14-16-25(28-24)21-7-5-4-6-8-21/h4-12,18-19,23-28H,13-17H2,1-3H3/t19?,23-,24+,25-,26+/m1/s1. The Labute approximate surface area is 171 Å². The molecule has 2 heterocycles. The van der Waals surface area contributed by atoms with E-state index >= 15 is 0 Å². The molecule has 0 spiro atoms. The van der Waals surface area contributed by atoms with Gasteiger partial charge in [0.05, 0.1) is 0 Å². The summed E-state index contributed by atoms with van der Waals surface area (Å²) < 4.78 is 0. The van der Waals surface area contributed by atoms with Crippen LogP contribution in [0.5, 0.6) is 0 Å². The van der Waals surface area contributed by atoms with E-state index in [-0.39, 0.29) is 0 Å². The van der Waals surface area contributed by atoms with Crippen LogP contribution in [0.3, 0.4) is 0 Å². The highest BCUT2D eigenvalue weighted by molar-refractivity contribution is 5.27. The predicted molar refractivity (Wildman–Crippen MR) is 118 cm³/mol. The van der Waals surface area contributed by atoms with Crippen molar-refractivity contribution in [1.82, 2.24) is 10.6 Å². The van der Waals surface area contributed by atoms with Gasteiger partial charge < -0.3 is 10.6 Å². The van der Waals surface area contributed by atoms with Crippen LogP contribution in [0, 0.1) is 11.8 Å². The fourth-order valence-electron chi connectivity index (χ4n) is 5.13. The summed E-state index contributed by atoms with van der Waals surface area (Å²) in [5.41, 5.74) is 4.37. The Hall–Kier alpha value is -1.64. The molecule has 2 aliphatic rings. The number of rotatable bonds is 6. The van der Waals surface area contributed by atoms with E-state index in [4.69, 9.17) is 0 Å². The van der Waals surface area contributed by atoms with Crippen molar-refractivity contribution < 1.29 is 0 Å². The minimum Gasteiger partial charge on any atom is -0.307 e. The quantitative estimate of drug-likeness (QED) is 0.665. The minimum atomic E-state index is 0.526. The summed E-state index contributed by atoms with van der Waals surface area (Å²) in [7, 11) is 0. The molecule has 28 heavy (non-hydrogen) atoms. The van der Waals surface area contributed by atoms with E-state index < -0.39 is 0 Å². The first-order chi connectivity index (χ1) is 13.6. The smallest absolute Gasteiger partial charge is 0.0323 e. The maximum Gasteiger partial charge on any atom is 0.0323 e. The largest absolute Gasteiger partial charge is 0.307 e. The van der Waals surface area contributed by atoms with Crippen LogP contribution in [0.25, 0.3) is 0 Å². The fraction of sp³-hybridized carbons (Fsp3) is 0.538. The molecular weight excluding hydrogens is 340 g/mol. The summed E-state index contributed by atoms with van der Waals surface area (Å²) in [6.45, 7) is 7.05. The molecule has 0 amide bonds. The van der Waals surface area contributed by atoms with Crippen LogP contribution in [0.1, 0.15) is 75.2 Å². The lowest BCUT2D eigenvalue weighted by molar-refractivity contribution is 0.402. The molecule has 2 aliphatic heterocycles. The Morgan fingerprint density at radius 2 is 1.29 bits per heavy atom. The van der Waals surface area contributed by atoms with Crippen LogP contribution in [-0.2, 0) is 6.42 Å². The first-order valence-corrected chi connectivity index (χ1v) is 11.3. The van der Waals surface area contributed by atoms with E-state index in [1.54, 1.807) is 0 Å². The maximum atomic E-state index is 3.89. The molecule has 2 aromatic rings. The molecule has 2 fully saturated rings. The molecule has 150 valence electrons. The van der Waals surface area contributed by atoms with Gasteiger partial charge in [-0.15, -0.1) is 0 Å². The van der Waals surface area contributed by atoms with Crippen molar-refractivity contribution in [2.75, 3.05) is 0 Å². The summed E-state index contributed by atoms with van der Waals surface area (Å²) in [5, 5.41) is 7.71. The van der Waals surface area contributed by atoms with Crippen LogP contribution < -0.4 is 10.6 Å². The van der Waals surface area contributed by atoms with Gasteiger partial charge in [0, 0.05) is 24.2 Å². The number of nitrogens with one attached hydrogen (secondary N) is 2. The minimum absolute atomic E-state index is 0.526. The summed E-state index contributed by atoms with van der Waals surface area (Å²) >= 11 is 0. The van der Waals surface area contributed by atoms with E-state index in [9.17, 15) is 0 Å². The van der Waals surface area contributed by atoms with Crippen molar-refractivity contribution in [3.05, 3.63) is 71.3 Å². The summed E-state index contributed by atoms with van der Waals surface area (Å²) in [6.07, 6.45) is 6.26. The molecule has 0 aliphatic carbocycles. The van der Waals surface area contributed by atoms with Gasteiger partial charge in [0.25, 0.3) is 0 Å². The van der Waals surface area contributed by atoms with Crippen molar-refractivity contribution >= 4 is 0 Å². The van der Waals surface area contributed by atoms with Gasteiger partial charge in [-0.3, -0.25) is 0 Å². The van der Waals surface area contributed by atoms with Crippen LogP contribution in [0.15, 0.2) is 54.6 Å². The van der Waals surface area contributed by atoms with Gasteiger partial charge in [0.2, 0.25) is 0 Å². The van der Waals surface area contributed by atoms with Gasteiger partial charge in [-0.25, -0.2) is 0 Å². The molecule has 2 N–H and O–H groups in total. The van der Waals surface area contributed by atoms with E-state index in [1.165, 1.54) is 42.4 Å². The van der Waals surface area contributed by atoms with Gasteiger partial charge in [-0.1, -0.05) is 75.4 Å². The third kappa shape index (κ3) is 4.50. The highest BCUT2D eigenvalue weighted by Gasteiger charge is 2.29. The number of hydrogen-bond acceptors (Lipinski definition) is 2. The van der Waals surface area contributed by atoms with Gasteiger partial charge in [0.15, 0.2) is 0 Å². The molecule has 0 saturated carbocycles. The van der Waals surface area contributed by atoms with E-state index in [0.717, 1.165) is 12.3 Å². The second kappa shape index (κ2) is 8.80. The summed E-state index contributed by atoms with van der Waals surface area (Å²) in [6, 6.07) is 22.7. The molecule has 4 rings (SSSR count). The van der Waals surface area contributed by atoms with Crippen molar-refractivity contribution in [1.29, 1.82) is 0 Å². The van der Waals surface area contributed by atoms with Crippen molar-refractivity contribution in [2.24, 2.45) is 11.8 Å². The van der Waals surface area contributed by atoms with Crippen molar-refractivity contribution in [2.45, 2.75) is 77.0 Å². The lowest BCUT2D eigenvalue weighted by Gasteiger charge is -2.22. The average molecular weight is 377 g/mol. The molecule has 2 heteroatoms. The van der Waals surface area contributed by atoms with Crippen LogP contribution in [-0.4, -0.2) is 12.1 Å². The Bertz CT molecular complexity index is 737. The number of benzene rings is 2. The highest BCUT2D eigenvalue weighted by atomic mass is 15.0. The molecule has 0 bridgehead atoms. The first kappa shape index (κ1) is 19.7. The average Bonchev–Trinajstić information content (AvgIpc) is 3.39. The normalized spacial score (nSPS) is 28.7. The van der Waals surface area contributed by atoms with E-state index in [0.29, 0.717) is 30.1 Å². The second-order valence-electron chi connectivity index (χ2n) is 9.38. The summed E-state index contributed by atoms with van der Waals surface area (Å²) in [5.74, 6) is 1.39. The van der Waals surface area contributed by atoms with Gasteiger partial charge >= 0.3 is 0 Å². The lowest BCUT2D eigenvalue weighted by Crippen LogP contribution is -2.31. The topological polar surface area (TPSA) is 24.1 Å². The predicted octanol–water partition coefficient (Wildman–Crippen LogP) is 5.81. The SMILES string of the molecule is CC(Cc1ccc([C@@H]2CC[C@H](C(C)C)N2)cc1)[C@@H]1CC[C@H](c2ccccc2)N1. The first-order valence-electron chi connectivity index (χ1n) is 11.3. The Morgan fingerprint density at radius 3 is 1.89 bits per heavy atom. The van der Waals surface area contributed by atoms with Gasteiger partial charge in [0.1, 0.15) is 0 Å². The van der Waals surface area contributed by atoms with Crippen LogP contribution >= 0.6 is 0 Å². The zero-order valence-corrected chi connectivity index (χ0v) is 17.7. The van der Waals surface area contributed by atoms with Crippen molar-refractivity contribution in [3.63, 3.8) is 0 Å². The van der Waals surface area contributed by atoms with Gasteiger partial charge in [-0.2, -0.15) is 0 Å². The maximum absolute atomic E-state index is 3.89. The van der Waals surface area contributed by atoms with Crippen molar-refractivity contribution in [3.8, 4) is 0 Å². The monoisotopic (exact) mass is 376 g/mol. The molecule has 0 radical (unpaired) electrons. The Kier molecular flexibility index (Phi) is 6.18. The molecular formula is C26H36N2. The molecule has 2 nitrogen and oxygen atoms in total. The zero-order chi connectivity index (χ0) is 19.5. The molecule has 2 saturated heterocycles. The van der Waals surface area contributed by atoms with Crippen LogP contribution in [0.4, 0.5) is 0 Å². The molecule has 5 atom stereocenters. The Morgan fingerprint density at radius 1 is 0.714 bits per heavy atom. The summed E-state index contributed by atoms with van der Waals surface area (Å²) in [4.78, 5) is 0. The lowest BCUT2D eigenvalue weighted by atomic mass is 9.92. The molecule has 1 unspecified atom stereocenters. The van der Waals surface area contributed by atoms with E-state index in [1.807, 2.05) is 0 Å². The third-order valence-electron chi connectivity index (χ3n) is 7.00. The zero-order valence-electron chi connectivity index (χ0n) is 17.7. The number of hydrogen-bond donors (Lipinski definition) is 2. The van der Waals surface area contributed by atoms with Crippen LogP contribution in [0.2, 0.25) is 0 Å². The van der Waals surface area contributed by atoms with E-state index in [2.05, 4.69) is 86.0 Å². The highest BCUT2D eigenvalue weighted by Crippen LogP contribution is 2.32. The van der Waals surface area contributed by atoms with Gasteiger partial charge in [-0.05, 0) is 60.6 Å². The Balaban J connectivity index is 1.31. The third-order valence-corrected chi connectivity index (χ3v) is 7.00. The molecule has 2 aromatic carbocycles. The fourth-order valence-corrected chi connectivity index (χ4v) is 5.13.